The van der Waals surface area contributed by atoms with Crippen LogP contribution in [0.5, 0.6) is 0 Å². The van der Waals surface area contributed by atoms with Crippen molar-refractivity contribution in [1.29, 1.82) is 0 Å². The van der Waals surface area contributed by atoms with E-state index >= 15 is 0 Å². The Balaban J connectivity index is 0.00000288. The summed E-state index contributed by atoms with van der Waals surface area (Å²) in [6.45, 7) is 10.4. The first kappa shape index (κ1) is 21.7. The van der Waals surface area contributed by atoms with Crippen LogP contribution in [0.25, 0.3) is 0 Å². The predicted octanol–water partition coefficient (Wildman–Crippen LogP) is 2.84. The van der Waals surface area contributed by atoms with Gasteiger partial charge in [0.2, 0.25) is 0 Å². The summed E-state index contributed by atoms with van der Waals surface area (Å²) >= 11 is 3.50. The summed E-state index contributed by atoms with van der Waals surface area (Å²) in [6.07, 6.45) is 0. The van der Waals surface area contributed by atoms with Crippen LogP contribution in [0, 0.1) is 0 Å². The van der Waals surface area contributed by atoms with E-state index in [0.717, 1.165) is 49.8 Å². The van der Waals surface area contributed by atoms with Gasteiger partial charge in [-0.3, -0.25) is 4.90 Å². The number of halogens is 2. The van der Waals surface area contributed by atoms with Gasteiger partial charge in [-0.1, -0.05) is 28.1 Å². The zero-order valence-corrected chi connectivity index (χ0v) is 18.3. The Labute approximate surface area is 170 Å². The van der Waals surface area contributed by atoms with E-state index in [4.69, 9.17) is 4.74 Å². The summed E-state index contributed by atoms with van der Waals surface area (Å²) < 4.78 is 6.50. The number of guanidine groups is 1. The highest BCUT2D eigenvalue weighted by Gasteiger charge is 2.16. The molecule has 0 spiro atoms. The molecule has 1 unspecified atom stereocenters. The zero-order chi connectivity index (χ0) is 16.5. The van der Waals surface area contributed by atoms with Gasteiger partial charge in [0.25, 0.3) is 0 Å². The minimum absolute atomic E-state index is 0. The molecule has 1 aromatic carbocycles. The fraction of sp³-hybridized carbons (Fsp3) is 0.588. The minimum Gasteiger partial charge on any atom is -0.379 e. The van der Waals surface area contributed by atoms with Gasteiger partial charge in [0.1, 0.15) is 0 Å². The van der Waals surface area contributed by atoms with E-state index in [1.807, 2.05) is 12.1 Å². The van der Waals surface area contributed by atoms with Crippen LogP contribution in [-0.2, 0) is 11.3 Å². The van der Waals surface area contributed by atoms with Crippen LogP contribution >= 0.6 is 39.9 Å². The van der Waals surface area contributed by atoms with E-state index in [0.29, 0.717) is 12.6 Å². The van der Waals surface area contributed by atoms with Gasteiger partial charge in [0.15, 0.2) is 5.96 Å². The van der Waals surface area contributed by atoms with E-state index in [1.54, 1.807) is 0 Å². The Kier molecular flexibility index (Phi) is 10.9. The normalized spacial score (nSPS) is 17.0. The lowest BCUT2D eigenvalue weighted by Crippen LogP contribution is -2.49. The monoisotopic (exact) mass is 510 g/mol. The van der Waals surface area contributed by atoms with Crippen molar-refractivity contribution in [2.45, 2.75) is 26.4 Å². The molecule has 2 N–H and O–H groups in total. The summed E-state index contributed by atoms with van der Waals surface area (Å²) in [5.74, 6) is 0.868. The maximum absolute atomic E-state index is 5.41. The first-order valence-electron chi connectivity index (χ1n) is 8.27. The molecular formula is C17H28BrIN4O. The number of nitrogens with one attached hydrogen (secondary N) is 2. The second-order valence-electron chi connectivity index (χ2n) is 5.70. The van der Waals surface area contributed by atoms with Crippen molar-refractivity contribution in [3.05, 3.63) is 34.3 Å². The molecule has 0 radical (unpaired) electrons. The van der Waals surface area contributed by atoms with E-state index in [-0.39, 0.29) is 24.0 Å². The van der Waals surface area contributed by atoms with Crippen LogP contribution in [0.3, 0.4) is 0 Å². The Morgan fingerprint density at radius 2 is 2.08 bits per heavy atom. The fourth-order valence-corrected chi connectivity index (χ4v) is 2.99. The zero-order valence-electron chi connectivity index (χ0n) is 14.4. The molecule has 0 bridgehead atoms. The molecule has 2 rings (SSSR count). The smallest absolute Gasteiger partial charge is 0.191 e. The van der Waals surface area contributed by atoms with Crippen LogP contribution in [0.4, 0.5) is 0 Å². The highest BCUT2D eigenvalue weighted by Crippen LogP contribution is 2.12. The fourth-order valence-electron chi connectivity index (χ4n) is 2.54. The van der Waals surface area contributed by atoms with Crippen molar-refractivity contribution in [3.63, 3.8) is 0 Å². The molecule has 0 aliphatic carbocycles. The number of hydrogen-bond donors (Lipinski definition) is 2. The van der Waals surface area contributed by atoms with Gasteiger partial charge in [-0.25, -0.2) is 4.99 Å². The average molecular weight is 511 g/mol. The first-order valence-corrected chi connectivity index (χ1v) is 9.06. The third-order valence-electron chi connectivity index (χ3n) is 3.89. The number of aliphatic imine (C=N–C) groups is 1. The molecule has 1 atom stereocenters. The van der Waals surface area contributed by atoms with Gasteiger partial charge in [-0.2, -0.15) is 0 Å². The number of rotatable bonds is 6. The van der Waals surface area contributed by atoms with E-state index in [9.17, 15) is 0 Å². The number of morpholine rings is 1. The predicted molar refractivity (Wildman–Crippen MR) is 114 cm³/mol. The summed E-state index contributed by atoms with van der Waals surface area (Å²) in [5, 5.41) is 6.76. The number of benzene rings is 1. The topological polar surface area (TPSA) is 48.9 Å². The summed E-state index contributed by atoms with van der Waals surface area (Å²) in [5.41, 5.74) is 1.19. The largest absolute Gasteiger partial charge is 0.379 e. The van der Waals surface area contributed by atoms with Crippen molar-refractivity contribution in [2.24, 2.45) is 4.99 Å². The lowest BCUT2D eigenvalue weighted by atomic mass is 10.2. The number of hydrogen-bond acceptors (Lipinski definition) is 3. The van der Waals surface area contributed by atoms with Crippen LogP contribution in [0.1, 0.15) is 19.4 Å². The van der Waals surface area contributed by atoms with Gasteiger partial charge >= 0.3 is 0 Å². The van der Waals surface area contributed by atoms with Gasteiger partial charge in [-0.15, -0.1) is 24.0 Å². The van der Waals surface area contributed by atoms with E-state index in [2.05, 4.69) is 62.4 Å². The van der Waals surface area contributed by atoms with Gasteiger partial charge in [0.05, 0.1) is 19.8 Å². The molecule has 1 fully saturated rings. The van der Waals surface area contributed by atoms with Crippen molar-refractivity contribution in [3.8, 4) is 0 Å². The Morgan fingerprint density at radius 3 is 2.75 bits per heavy atom. The Morgan fingerprint density at radius 1 is 1.33 bits per heavy atom. The minimum atomic E-state index is 0. The summed E-state index contributed by atoms with van der Waals surface area (Å²) in [4.78, 5) is 7.13. The molecular weight excluding hydrogens is 483 g/mol. The molecule has 136 valence electrons. The van der Waals surface area contributed by atoms with Crippen molar-refractivity contribution < 1.29 is 4.74 Å². The third kappa shape index (κ3) is 7.67. The van der Waals surface area contributed by atoms with E-state index < -0.39 is 0 Å². The Bertz CT molecular complexity index is 509. The highest BCUT2D eigenvalue weighted by molar-refractivity contribution is 14.0. The van der Waals surface area contributed by atoms with Gasteiger partial charge < -0.3 is 15.4 Å². The SMILES string of the molecule is CCNC(=NCc1cccc(Br)c1)NCC(C)N1CCOCC1.I. The van der Waals surface area contributed by atoms with Crippen molar-refractivity contribution in [2.75, 3.05) is 39.4 Å². The molecule has 0 amide bonds. The second-order valence-corrected chi connectivity index (χ2v) is 6.62. The Hall–Kier alpha value is -0.380. The molecule has 1 saturated heterocycles. The summed E-state index contributed by atoms with van der Waals surface area (Å²) in [6, 6.07) is 8.72. The molecule has 7 heteroatoms. The van der Waals surface area contributed by atoms with Crippen LogP contribution in [-0.4, -0.2) is 56.3 Å². The molecule has 5 nitrogen and oxygen atoms in total. The molecule has 1 aliphatic rings. The average Bonchev–Trinajstić information content (AvgIpc) is 2.58. The second kappa shape index (κ2) is 12.1. The third-order valence-corrected chi connectivity index (χ3v) is 4.38. The van der Waals surface area contributed by atoms with Crippen molar-refractivity contribution in [1.82, 2.24) is 15.5 Å². The number of ether oxygens (including phenoxy) is 1. The molecule has 1 aromatic rings. The molecule has 1 aliphatic heterocycles. The quantitative estimate of drug-likeness (QED) is 0.351. The van der Waals surface area contributed by atoms with Crippen molar-refractivity contribution >= 4 is 45.9 Å². The van der Waals surface area contributed by atoms with Crippen LogP contribution in [0.2, 0.25) is 0 Å². The number of nitrogens with zero attached hydrogens (tertiary/aromatic N) is 2. The van der Waals surface area contributed by atoms with Gasteiger partial charge in [-0.05, 0) is 31.5 Å². The molecule has 24 heavy (non-hydrogen) atoms. The lowest BCUT2D eigenvalue weighted by Gasteiger charge is -2.32. The van der Waals surface area contributed by atoms with Gasteiger partial charge in [0, 0.05) is 36.7 Å². The van der Waals surface area contributed by atoms with Crippen LogP contribution < -0.4 is 10.6 Å². The van der Waals surface area contributed by atoms with Crippen LogP contribution in [0.15, 0.2) is 33.7 Å². The molecule has 0 aromatic heterocycles. The maximum Gasteiger partial charge on any atom is 0.191 e. The van der Waals surface area contributed by atoms with E-state index in [1.165, 1.54) is 5.56 Å². The molecule has 0 saturated carbocycles. The highest BCUT2D eigenvalue weighted by atomic mass is 127. The molecule has 1 heterocycles. The standard InChI is InChI=1S/C17H27BrN4O.HI/c1-3-19-17(21-13-15-5-4-6-16(18)11-15)20-12-14(2)22-7-9-23-10-8-22;/h4-6,11,14H,3,7-10,12-13H2,1-2H3,(H2,19,20,21);1H. The maximum atomic E-state index is 5.41. The lowest BCUT2D eigenvalue weighted by molar-refractivity contribution is 0.0211. The summed E-state index contributed by atoms with van der Waals surface area (Å²) in [7, 11) is 0. The first-order chi connectivity index (χ1) is 11.2.